The van der Waals surface area contributed by atoms with Gasteiger partial charge in [-0.1, -0.05) is 18.2 Å². The molecule has 3 atom stereocenters. The molecule has 1 aromatic carbocycles. The molecule has 1 N–H and O–H groups in total. The zero-order chi connectivity index (χ0) is 24.4. The Bertz CT molecular complexity index is 1180. The van der Waals surface area contributed by atoms with Crippen LogP contribution in [-0.2, 0) is 23.9 Å². The largest absolute Gasteiger partial charge is 0.497 e. The number of aromatic nitrogens is 1. The van der Waals surface area contributed by atoms with Crippen molar-refractivity contribution in [2.24, 2.45) is 5.92 Å². The van der Waals surface area contributed by atoms with Gasteiger partial charge in [-0.3, -0.25) is 14.6 Å². The zero-order valence-corrected chi connectivity index (χ0v) is 19.5. The van der Waals surface area contributed by atoms with Crippen LogP contribution in [0.3, 0.4) is 0 Å². The third-order valence-corrected chi connectivity index (χ3v) is 6.41. The van der Waals surface area contributed by atoms with Crippen molar-refractivity contribution in [1.29, 1.82) is 0 Å². The standard InChI is InChI=1S/C26H26N2O6/c1-14-20(25(30)33-3)22(18-7-5-6-12-27-18)23-19(28-14)13-17(21(24(23)29)26(31)34-4)15-8-10-16(32-2)11-9-15/h5-12,17,21-22,28H,13H2,1-4H3/t17-,21-,22-/m0/s1. The van der Waals surface area contributed by atoms with Crippen molar-refractivity contribution in [3.05, 3.63) is 82.5 Å². The quantitative estimate of drug-likeness (QED) is 0.534. The first-order valence-corrected chi connectivity index (χ1v) is 10.9. The van der Waals surface area contributed by atoms with E-state index in [4.69, 9.17) is 14.2 Å². The first-order chi connectivity index (χ1) is 16.4. The summed E-state index contributed by atoms with van der Waals surface area (Å²) in [6.45, 7) is 1.77. The summed E-state index contributed by atoms with van der Waals surface area (Å²) in [6, 6.07) is 12.6. The molecule has 1 aliphatic carbocycles. The van der Waals surface area contributed by atoms with Crippen LogP contribution in [0.5, 0.6) is 5.75 Å². The van der Waals surface area contributed by atoms with Gasteiger partial charge in [-0.25, -0.2) is 4.79 Å². The van der Waals surface area contributed by atoms with Crippen molar-refractivity contribution in [3.63, 3.8) is 0 Å². The summed E-state index contributed by atoms with van der Waals surface area (Å²) >= 11 is 0. The highest BCUT2D eigenvalue weighted by molar-refractivity contribution is 6.13. The van der Waals surface area contributed by atoms with Gasteiger partial charge in [-0.15, -0.1) is 0 Å². The Labute approximate surface area is 197 Å². The SMILES string of the molecule is COC(=O)C1=C(C)NC2=C(C(=O)[C@@H](C(=O)OC)[C@H](c3ccc(OC)cc3)C2)[C@H]1c1ccccn1. The van der Waals surface area contributed by atoms with Gasteiger partial charge in [0, 0.05) is 29.1 Å². The van der Waals surface area contributed by atoms with Crippen LogP contribution in [0, 0.1) is 5.92 Å². The number of dihydropyridines is 1. The number of ether oxygens (including phenoxy) is 3. The topological polar surface area (TPSA) is 104 Å². The first-order valence-electron chi connectivity index (χ1n) is 10.9. The fourth-order valence-corrected chi connectivity index (χ4v) is 4.82. The minimum absolute atomic E-state index is 0.291. The van der Waals surface area contributed by atoms with Crippen LogP contribution in [0.4, 0.5) is 0 Å². The number of rotatable bonds is 5. The number of ketones is 1. The van der Waals surface area contributed by atoms with Gasteiger partial charge in [0.15, 0.2) is 5.78 Å². The summed E-state index contributed by atoms with van der Waals surface area (Å²) in [5, 5.41) is 3.25. The Kier molecular flexibility index (Phi) is 6.49. The molecular formula is C26H26N2O6. The third-order valence-electron chi connectivity index (χ3n) is 6.41. The second-order valence-electron chi connectivity index (χ2n) is 8.18. The van der Waals surface area contributed by atoms with Gasteiger partial charge in [0.25, 0.3) is 0 Å². The van der Waals surface area contributed by atoms with Crippen LogP contribution < -0.4 is 10.1 Å². The lowest BCUT2D eigenvalue weighted by Crippen LogP contribution is -2.43. The van der Waals surface area contributed by atoms with Gasteiger partial charge < -0.3 is 19.5 Å². The lowest BCUT2D eigenvalue weighted by atomic mass is 9.67. The Morgan fingerprint density at radius 3 is 2.35 bits per heavy atom. The Morgan fingerprint density at radius 2 is 1.76 bits per heavy atom. The number of benzene rings is 1. The van der Waals surface area contributed by atoms with Crippen molar-refractivity contribution >= 4 is 17.7 Å². The molecule has 1 aliphatic heterocycles. The average Bonchev–Trinajstić information content (AvgIpc) is 2.87. The van der Waals surface area contributed by atoms with Crippen LogP contribution in [0.1, 0.15) is 36.4 Å². The first kappa shape index (κ1) is 23.2. The summed E-state index contributed by atoms with van der Waals surface area (Å²) in [4.78, 5) is 44.1. The van der Waals surface area contributed by atoms with Gasteiger partial charge in [-0.05, 0) is 43.2 Å². The molecule has 0 amide bonds. The summed E-state index contributed by atoms with van der Waals surface area (Å²) < 4.78 is 15.3. The molecule has 0 saturated carbocycles. The number of Topliss-reactive ketones (excluding diaryl/α,β-unsaturated/α-hetero) is 1. The highest BCUT2D eigenvalue weighted by atomic mass is 16.5. The van der Waals surface area contributed by atoms with E-state index in [0.717, 1.165) is 5.56 Å². The second-order valence-corrected chi connectivity index (χ2v) is 8.18. The monoisotopic (exact) mass is 462 g/mol. The summed E-state index contributed by atoms with van der Waals surface area (Å²) in [5.41, 5.74) is 3.21. The van der Waals surface area contributed by atoms with Gasteiger partial charge in [0.05, 0.1) is 38.5 Å². The fraction of sp³-hybridized carbons (Fsp3) is 0.308. The Morgan fingerprint density at radius 1 is 1.03 bits per heavy atom. The number of hydrogen-bond donors (Lipinski definition) is 1. The zero-order valence-electron chi connectivity index (χ0n) is 19.5. The molecule has 0 spiro atoms. The number of nitrogens with one attached hydrogen (secondary N) is 1. The molecule has 2 aliphatic rings. The summed E-state index contributed by atoms with van der Waals surface area (Å²) in [6.07, 6.45) is 1.98. The molecule has 8 heteroatoms. The lowest BCUT2D eigenvalue weighted by Gasteiger charge is -2.39. The maximum Gasteiger partial charge on any atom is 0.336 e. The van der Waals surface area contributed by atoms with E-state index in [2.05, 4.69) is 10.3 Å². The molecule has 4 rings (SSSR count). The van der Waals surface area contributed by atoms with Gasteiger partial charge in [0.1, 0.15) is 11.7 Å². The molecule has 0 unspecified atom stereocenters. The van der Waals surface area contributed by atoms with Crippen LogP contribution in [-0.4, -0.2) is 44.0 Å². The van der Waals surface area contributed by atoms with Crippen LogP contribution in [0.2, 0.25) is 0 Å². The minimum atomic E-state index is -1.07. The van der Waals surface area contributed by atoms with E-state index in [1.54, 1.807) is 50.6 Å². The van der Waals surface area contributed by atoms with Gasteiger partial charge in [-0.2, -0.15) is 0 Å². The minimum Gasteiger partial charge on any atom is -0.497 e. The molecule has 0 fully saturated rings. The highest BCUT2D eigenvalue weighted by Gasteiger charge is 2.49. The summed E-state index contributed by atoms with van der Waals surface area (Å²) in [5.74, 6) is -3.19. The maximum atomic E-state index is 14.0. The molecule has 176 valence electrons. The maximum absolute atomic E-state index is 14.0. The molecule has 2 aromatic rings. The molecule has 0 saturated heterocycles. The number of carbonyl (C=O) groups is 3. The second kappa shape index (κ2) is 9.51. The molecule has 8 nitrogen and oxygen atoms in total. The van der Waals surface area contributed by atoms with E-state index >= 15 is 0 Å². The number of allylic oxidation sites excluding steroid dienone is 3. The normalized spacial score (nSPS) is 22.0. The van der Waals surface area contributed by atoms with Crippen molar-refractivity contribution < 1.29 is 28.6 Å². The van der Waals surface area contributed by atoms with Crippen LogP contribution in [0.15, 0.2) is 71.2 Å². The number of pyridine rings is 1. The van der Waals surface area contributed by atoms with E-state index in [9.17, 15) is 14.4 Å². The van der Waals surface area contributed by atoms with Gasteiger partial charge in [0.2, 0.25) is 0 Å². The van der Waals surface area contributed by atoms with Crippen molar-refractivity contribution in [1.82, 2.24) is 10.3 Å². The van der Waals surface area contributed by atoms with E-state index < -0.39 is 35.5 Å². The predicted molar refractivity (Wildman–Crippen MR) is 123 cm³/mol. The highest BCUT2D eigenvalue weighted by Crippen LogP contribution is 2.47. The molecule has 2 heterocycles. The Hall–Kier alpha value is -3.94. The number of carbonyl (C=O) groups excluding carboxylic acids is 3. The Balaban J connectivity index is 1.88. The lowest BCUT2D eigenvalue weighted by molar-refractivity contribution is -0.150. The van der Waals surface area contributed by atoms with Gasteiger partial charge >= 0.3 is 11.9 Å². The van der Waals surface area contributed by atoms with Crippen LogP contribution >= 0.6 is 0 Å². The van der Waals surface area contributed by atoms with E-state index in [1.807, 2.05) is 12.1 Å². The van der Waals surface area contributed by atoms with Crippen molar-refractivity contribution in [2.45, 2.75) is 25.2 Å². The van der Waals surface area contributed by atoms with E-state index in [1.165, 1.54) is 14.2 Å². The predicted octanol–water partition coefficient (Wildman–Crippen LogP) is 3.02. The van der Waals surface area contributed by atoms with Crippen LogP contribution in [0.25, 0.3) is 0 Å². The number of methoxy groups -OCH3 is 3. The van der Waals surface area contributed by atoms with E-state index in [0.29, 0.717) is 40.4 Å². The fourth-order valence-electron chi connectivity index (χ4n) is 4.82. The number of nitrogens with zero attached hydrogens (tertiary/aromatic N) is 1. The van der Waals surface area contributed by atoms with E-state index in [-0.39, 0.29) is 0 Å². The smallest absolute Gasteiger partial charge is 0.336 e. The molecule has 0 radical (unpaired) electrons. The molecule has 34 heavy (non-hydrogen) atoms. The molecular weight excluding hydrogens is 436 g/mol. The average molecular weight is 463 g/mol. The molecule has 1 aromatic heterocycles. The third kappa shape index (κ3) is 3.96. The van der Waals surface area contributed by atoms with Crippen molar-refractivity contribution in [3.8, 4) is 5.75 Å². The number of esters is 2. The number of hydrogen-bond acceptors (Lipinski definition) is 8. The molecule has 0 bridgehead atoms. The summed E-state index contributed by atoms with van der Waals surface area (Å²) in [7, 11) is 4.14. The van der Waals surface area contributed by atoms with Crippen molar-refractivity contribution in [2.75, 3.05) is 21.3 Å².